The van der Waals surface area contributed by atoms with Crippen LogP contribution < -0.4 is 5.32 Å². The third-order valence-corrected chi connectivity index (χ3v) is 6.46. The summed E-state index contributed by atoms with van der Waals surface area (Å²) in [6, 6.07) is 0. The molecule has 1 aliphatic heterocycles. The topological polar surface area (TPSA) is 24.4 Å². The van der Waals surface area contributed by atoms with Crippen molar-refractivity contribution in [3.63, 3.8) is 0 Å². The first-order valence-electron chi connectivity index (χ1n) is 8.67. The predicted molar refractivity (Wildman–Crippen MR) is 91.5 cm³/mol. The number of hydrogen-bond donors (Lipinski definition) is 1. The third-order valence-electron chi connectivity index (χ3n) is 5.13. The molecule has 0 aromatic heterocycles. The lowest BCUT2D eigenvalue weighted by Gasteiger charge is -2.26. The van der Waals surface area contributed by atoms with Crippen molar-refractivity contribution in [3.05, 3.63) is 0 Å². The van der Waals surface area contributed by atoms with Gasteiger partial charge in [-0.2, -0.15) is 0 Å². The number of amidine groups is 1. The lowest BCUT2D eigenvalue weighted by atomic mass is 9.81. The van der Waals surface area contributed by atoms with Crippen LogP contribution in [0.2, 0.25) is 0 Å². The highest BCUT2D eigenvalue weighted by Crippen LogP contribution is 2.32. The fourth-order valence-electron chi connectivity index (χ4n) is 3.75. The molecule has 1 heterocycles. The second kappa shape index (κ2) is 8.31. The molecule has 1 N–H and O–H groups in total. The van der Waals surface area contributed by atoms with E-state index in [4.69, 9.17) is 4.99 Å². The molecule has 1 fully saturated rings. The van der Waals surface area contributed by atoms with Gasteiger partial charge in [0.05, 0.1) is 6.54 Å². The van der Waals surface area contributed by atoms with Crippen molar-refractivity contribution in [2.45, 2.75) is 71.0 Å². The first-order valence-corrected chi connectivity index (χ1v) is 9.55. The molecule has 0 spiro atoms. The van der Waals surface area contributed by atoms with Crippen LogP contribution in [-0.4, -0.2) is 23.5 Å². The molecular formula is C17H32N2S. The van der Waals surface area contributed by atoms with Gasteiger partial charge in [0, 0.05) is 11.8 Å². The van der Waals surface area contributed by atoms with E-state index in [2.05, 4.69) is 26.1 Å². The van der Waals surface area contributed by atoms with E-state index < -0.39 is 0 Å². The van der Waals surface area contributed by atoms with Gasteiger partial charge in [0.2, 0.25) is 0 Å². The third kappa shape index (κ3) is 4.68. The van der Waals surface area contributed by atoms with Gasteiger partial charge >= 0.3 is 0 Å². The Hall–Kier alpha value is -0.180. The quantitative estimate of drug-likeness (QED) is 0.768. The van der Waals surface area contributed by atoms with Gasteiger partial charge in [-0.25, -0.2) is 0 Å². The van der Waals surface area contributed by atoms with E-state index in [0.29, 0.717) is 0 Å². The van der Waals surface area contributed by atoms with Gasteiger partial charge in [0.25, 0.3) is 0 Å². The Labute approximate surface area is 129 Å². The van der Waals surface area contributed by atoms with Crippen LogP contribution in [0.4, 0.5) is 0 Å². The molecule has 3 atom stereocenters. The van der Waals surface area contributed by atoms with Gasteiger partial charge in [0.15, 0.2) is 5.17 Å². The van der Waals surface area contributed by atoms with Crippen LogP contribution in [0.25, 0.3) is 0 Å². The van der Waals surface area contributed by atoms with E-state index in [0.717, 1.165) is 36.1 Å². The Balaban J connectivity index is 1.63. The van der Waals surface area contributed by atoms with Crippen LogP contribution in [-0.2, 0) is 0 Å². The first-order chi connectivity index (χ1) is 9.72. The smallest absolute Gasteiger partial charge is 0.156 e. The van der Waals surface area contributed by atoms with Crippen molar-refractivity contribution in [2.24, 2.45) is 22.7 Å². The van der Waals surface area contributed by atoms with Crippen LogP contribution in [0.15, 0.2) is 4.99 Å². The zero-order valence-corrected chi connectivity index (χ0v) is 14.3. The number of nitrogens with one attached hydrogen (secondary N) is 1. The lowest BCUT2D eigenvalue weighted by molar-refractivity contribution is 0.270. The minimum Gasteiger partial charge on any atom is -0.365 e. The summed E-state index contributed by atoms with van der Waals surface area (Å²) >= 11 is 1.99. The van der Waals surface area contributed by atoms with Crippen LogP contribution in [0.1, 0.15) is 65.7 Å². The zero-order chi connectivity index (χ0) is 14.4. The number of thioether (sulfide) groups is 1. The normalized spacial score (nSPS) is 30.6. The van der Waals surface area contributed by atoms with Gasteiger partial charge in [-0.3, -0.25) is 4.99 Å². The highest BCUT2D eigenvalue weighted by atomic mass is 32.2. The maximum atomic E-state index is 4.70. The minimum atomic E-state index is 0.724. The Bertz CT molecular complexity index is 312. The zero-order valence-electron chi connectivity index (χ0n) is 13.5. The van der Waals surface area contributed by atoms with E-state index >= 15 is 0 Å². The molecule has 1 saturated carbocycles. The Morgan fingerprint density at radius 3 is 2.80 bits per heavy atom. The Morgan fingerprint density at radius 2 is 2.10 bits per heavy atom. The standard InChI is InChI=1S/C17H32N2S/c1-4-15(5-2)16-12-19-17(20-16)18-10-9-14-8-6-7-13(3)11-14/h13-16H,4-12H2,1-3H3,(H,18,19). The minimum absolute atomic E-state index is 0.724. The van der Waals surface area contributed by atoms with Gasteiger partial charge in [0.1, 0.15) is 0 Å². The molecule has 20 heavy (non-hydrogen) atoms. The van der Waals surface area contributed by atoms with E-state index in [1.807, 2.05) is 11.8 Å². The van der Waals surface area contributed by atoms with Crippen LogP contribution in [0, 0.1) is 17.8 Å². The highest BCUT2D eigenvalue weighted by molar-refractivity contribution is 8.14. The molecule has 3 heteroatoms. The molecule has 0 amide bonds. The second-order valence-corrected chi connectivity index (χ2v) is 7.96. The monoisotopic (exact) mass is 296 g/mol. The van der Waals surface area contributed by atoms with Gasteiger partial charge < -0.3 is 5.32 Å². The molecule has 0 bridgehead atoms. The number of aliphatic imine (C=N–C) groups is 1. The summed E-state index contributed by atoms with van der Waals surface area (Å²) < 4.78 is 0. The van der Waals surface area contributed by atoms with Crippen molar-refractivity contribution < 1.29 is 0 Å². The largest absolute Gasteiger partial charge is 0.365 e. The van der Waals surface area contributed by atoms with Gasteiger partial charge in [-0.15, -0.1) is 0 Å². The number of hydrogen-bond acceptors (Lipinski definition) is 3. The van der Waals surface area contributed by atoms with E-state index in [1.54, 1.807) is 0 Å². The molecule has 2 nitrogen and oxygen atoms in total. The second-order valence-electron chi connectivity index (χ2n) is 6.73. The molecule has 2 rings (SSSR count). The molecule has 0 aromatic rings. The molecule has 116 valence electrons. The SMILES string of the molecule is CCC(CC)C1CN=C(NCCC2CCCC(C)C2)S1. The highest BCUT2D eigenvalue weighted by Gasteiger charge is 2.26. The van der Waals surface area contributed by atoms with Crippen molar-refractivity contribution in [1.29, 1.82) is 0 Å². The summed E-state index contributed by atoms with van der Waals surface area (Å²) in [6.07, 6.45) is 9.69. The molecule has 1 aliphatic carbocycles. The molecule has 0 radical (unpaired) electrons. The van der Waals surface area contributed by atoms with Crippen LogP contribution in [0.5, 0.6) is 0 Å². The average molecular weight is 297 g/mol. The van der Waals surface area contributed by atoms with Crippen molar-refractivity contribution in [3.8, 4) is 0 Å². The lowest BCUT2D eigenvalue weighted by Crippen LogP contribution is -2.25. The summed E-state index contributed by atoms with van der Waals surface area (Å²) in [5.74, 6) is 2.74. The molecular weight excluding hydrogens is 264 g/mol. The fraction of sp³-hybridized carbons (Fsp3) is 0.941. The summed E-state index contributed by atoms with van der Waals surface area (Å²) in [4.78, 5) is 4.70. The predicted octanol–water partition coefficient (Wildman–Crippen LogP) is 4.70. The van der Waals surface area contributed by atoms with Crippen LogP contribution in [0.3, 0.4) is 0 Å². The van der Waals surface area contributed by atoms with Gasteiger partial charge in [-0.05, 0) is 30.6 Å². The first kappa shape index (κ1) is 16.2. The van der Waals surface area contributed by atoms with Crippen LogP contribution >= 0.6 is 11.8 Å². The summed E-state index contributed by atoms with van der Waals surface area (Å²) in [5.41, 5.74) is 0. The maximum Gasteiger partial charge on any atom is 0.156 e. The van der Waals surface area contributed by atoms with Gasteiger partial charge in [-0.1, -0.05) is 64.6 Å². The average Bonchev–Trinajstić information content (AvgIpc) is 2.89. The molecule has 2 aliphatic rings. The van der Waals surface area contributed by atoms with Crippen molar-refractivity contribution >= 4 is 16.9 Å². The van der Waals surface area contributed by atoms with Crippen molar-refractivity contribution in [1.82, 2.24) is 5.32 Å². The van der Waals surface area contributed by atoms with E-state index in [1.165, 1.54) is 50.1 Å². The van der Waals surface area contributed by atoms with E-state index in [9.17, 15) is 0 Å². The maximum absolute atomic E-state index is 4.70. The Morgan fingerprint density at radius 1 is 1.30 bits per heavy atom. The fourth-order valence-corrected chi connectivity index (χ4v) is 5.10. The summed E-state index contributed by atoms with van der Waals surface area (Å²) in [5, 5.41) is 5.53. The molecule has 3 unspecified atom stereocenters. The summed E-state index contributed by atoms with van der Waals surface area (Å²) in [7, 11) is 0. The summed E-state index contributed by atoms with van der Waals surface area (Å²) in [6.45, 7) is 9.18. The molecule has 0 saturated heterocycles. The van der Waals surface area contributed by atoms with Crippen molar-refractivity contribution in [2.75, 3.05) is 13.1 Å². The molecule has 0 aromatic carbocycles. The number of nitrogens with zero attached hydrogens (tertiary/aromatic N) is 1. The van der Waals surface area contributed by atoms with E-state index in [-0.39, 0.29) is 0 Å². The number of rotatable bonds is 6. The Kier molecular flexibility index (Phi) is 6.73.